The summed E-state index contributed by atoms with van der Waals surface area (Å²) in [6.45, 7) is 1.90. The van der Waals surface area contributed by atoms with E-state index in [0.29, 0.717) is 17.5 Å². The Morgan fingerprint density at radius 2 is 2.03 bits per heavy atom. The molecule has 1 saturated carbocycles. The van der Waals surface area contributed by atoms with E-state index in [1.165, 1.54) is 29.5 Å². The Kier molecular flexibility index (Phi) is 6.61. The van der Waals surface area contributed by atoms with Crippen LogP contribution in [0.15, 0.2) is 51.5 Å². The predicted molar refractivity (Wildman–Crippen MR) is 115 cm³/mol. The maximum absolute atomic E-state index is 13.3. The number of rotatable bonds is 7. The van der Waals surface area contributed by atoms with Crippen LogP contribution in [-0.4, -0.2) is 32.4 Å². The van der Waals surface area contributed by atoms with Crippen LogP contribution in [-0.2, 0) is 11.2 Å². The second-order valence-electron chi connectivity index (χ2n) is 7.20. The highest BCUT2D eigenvalue weighted by Crippen LogP contribution is 2.32. The molecule has 1 fully saturated rings. The monoisotopic (exact) mass is 428 g/mol. The van der Waals surface area contributed by atoms with E-state index in [1.54, 1.807) is 6.20 Å². The van der Waals surface area contributed by atoms with Gasteiger partial charge in [0.1, 0.15) is 0 Å². The molecule has 0 bridgehead atoms. The lowest BCUT2D eigenvalue weighted by molar-refractivity contribution is -0.118. The summed E-state index contributed by atoms with van der Waals surface area (Å²) in [5.41, 5.74) is 1.11. The fourth-order valence-corrected chi connectivity index (χ4v) is 5.10. The van der Waals surface area contributed by atoms with Gasteiger partial charge < -0.3 is 4.42 Å². The second-order valence-corrected chi connectivity index (χ2v) is 9.36. The van der Waals surface area contributed by atoms with E-state index < -0.39 is 0 Å². The Morgan fingerprint density at radius 3 is 2.76 bits per heavy atom. The van der Waals surface area contributed by atoms with Crippen molar-refractivity contribution in [1.82, 2.24) is 15.2 Å². The van der Waals surface area contributed by atoms with Crippen molar-refractivity contribution >= 4 is 34.1 Å². The first-order valence-electron chi connectivity index (χ1n) is 9.96. The number of hydrogen-bond donors (Lipinski definition) is 0. The molecule has 0 saturated heterocycles. The van der Waals surface area contributed by atoms with E-state index >= 15 is 0 Å². The Morgan fingerprint density at radius 1 is 1.24 bits per heavy atom. The smallest absolute Gasteiger partial charge is 0.277 e. The van der Waals surface area contributed by atoms with Crippen LogP contribution in [0.2, 0.25) is 0 Å². The first kappa shape index (κ1) is 20.1. The molecular weight excluding hydrogens is 404 g/mol. The Balaban J connectivity index is 1.44. The summed E-state index contributed by atoms with van der Waals surface area (Å²) in [5, 5.41) is 11.1. The van der Waals surface area contributed by atoms with Crippen molar-refractivity contribution in [3.05, 3.63) is 53.4 Å². The number of hydrogen-bond acceptors (Lipinski definition) is 7. The molecule has 0 unspecified atom stereocenters. The first-order valence-corrected chi connectivity index (χ1v) is 11.7. The minimum absolute atomic E-state index is 0.0552. The van der Waals surface area contributed by atoms with Crippen LogP contribution in [0.25, 0.3) is 0 Å². The molecule has 0 N–H and O–H groups in total. The van der Waals surface area contributed by atoms with Crippen LogP contribution in [0.4, 0.5) is 5.13 Å². The van der Waals surface area contributed by atoms with E-state index in [4.69, 9.17) is 4.42 Å². The first-order chi connectivity index (χ1) is 14.2. The van der Waals surface area contributed by atoms with Gasteiger partial charge in [0, 0.05) is 17.6 Å². The van der Waals surface area contributed by atoms with E-state index in [-0.39, 0.29) is 17.2 Å². The molecule has 0 spiro atoms. The van der Waals surface area contributed by atoms with Gasteiger partial charge in [-0.1, -0.05) is 61.4 Å². The Labute approximate surface area is 178 Å². The molecule has 1 aromatic carbocycles. The van der Waals surface area contributed by atoms with Gasteiger partial charge in [0.2, 0.25) is 11.8 Å². The van der Waals surface area contributed by atoms with Gasteiger partial charge in [0.25, 0.3) is 5.22 Å². The average molecular weight is 429 g/mol. The number of aromatic nitrogens is 3. The zero-order valence-corrected chi connectivity index (χ0v) is 18.0. The molecule has 0 radical (unpaired) electrons. The summed E-state index contributed by atoms with van der Waals surface area (Å²) in [7, 11) is 0. The molecule has 152 valence electrons. The van der Waals surface area contributed by atoms with Gasteiger partial charge >= 0.3 is 0 Å². The number of amides is 1. The molecule has 8 heteroatoms. The molecule has 6 nitrogen and oxygen atoms in total. The summed E-state index contributed by atoms with van der Waals surface area (Å²) >= 11 is 2.83. The zero-order chi connectivity index (χ0) is 20.1. The van der Waals surface area contributed by atoms with E-state index in [0.717, 1.165) is 36.4 Å². The SMILES string of the molecule is C[C@H](Sc1nnc(Cc2ccccc2)o1)C(=O)N(c1nccs1)C1CCCCC1. The van der Waals surface area contributed by atoms with Gasteiger partial charge in [0.05, 0.1) is 11.7 Å². The number of benzene rings is 1. The third kappa shape index (κ3) is 5.05. The lowest BCUT2D eigenvalue weighted by Gasteiger charge is -2.33. The van der Waals surface area contributed by atoms with Crippen molar-refractivity contribution in [2.45, 2.75) is 62.0 Å². The molecule has 4 rings (SSSR count). The van der Waals surface area contributed by atoms with Crippen LogP contribution in [0, 0.1) is 0 Å². The van der Waals surface area contributed by atoms with Crippen molar-refractivity contribution in [3.8, 4) is 0 Å². The highest BCUT2D eigenvalue weighted by Gasteiger charge is 2.32. The lowest BCUT2D eigenvalue weighted by atomic mass is 9.94. The van der Waals surface area contributed by atoms with Gasteiger partial charge in [-0.05, 0) is 25.3 Å². The molecule has 29 heavy (non-hydrogen) atoms. The van der Waals surface area contributed by atoms with Crippen LogP contribution in [0.1, 0.15) is 50.5 Å². The standard InChI is InChI=1S/C21H24N4O2S2/c1-15(29-21-24-23-18(27-21)14-16-8-4-2-5-9-16)19(26)25(20-22-12-13-28-20)17-10-6-3-7-11-17/h2,4-5,8-9,12-13,15,17H,3,6-7,10-11,14H2,1H3/t15-/m0/s1. The summed E-state index contributed by atoms with van der Waals surface area (Å²) in [5.74, 6) is 0.613. The van der Waals surface area contributed by atoms with Crippen LogP contribution in [0.5, 0.6) is 0 Å². The second kappa shape index (κ2) is 9.54. The fourth-order valence-electron chi connectivity index (χ4n) is 3.63. The number of nitrogens with zero attached hydrogens (tertiary/aromatic N) is 4. The maximum atomic E-state index is 13.3. The summed E-state index contributed by atoms with van der Waals surface area (Å²) in [6.07, 6.45) is 7.97. The molecule has 1 atom stereocenters. The maximum Gasteiger partial charge on any atom is 0.277 e. The number of anilines is 1. The van der Waals surface area contributed by atoms with Crippen molar-refractivity contribution in [2.24, 2.45) is 0 Å². The topological polar surface area (TPSA) is 72.1 Å². The van der Waals surface area contributed by atoms with E-state index in [1.807, 2.05) is 47.5 Å². The van der Waals surface area contributed by atoms with Crippen molar-refractivity contribution < 1.29 is 9.21 Å². The van der Waals surface area contributed by atoms with Gasteiger partial charge in [-0.15, -0.1) is 21.5 Å². The largest absolute Gasteiger partial charge is 0.416 e. The van der Waals surface area contributed by atoms with Gasteiger partial charge in [-0.25, -0.2) is 4.98 Å². The average Bonchev–Trinajstić information content (AvgIpc) is 3.42. The highest BCUT2D eigenvalue weighted by molar-refractivity contribution is 8.00. The van der Waals surface area contributed by atoms with Gasteiger partial charge in [-0.3, -0.25) is 9.69 Å². The zero-order valence-electron chi connectivity index (χ0n) is 16.4. The molecule has 2 aromatic heterocycles. The molecule has 2 heterocycles. The number of carbonyl (C=O) groups excluding carboxylic acids is 1. The van der Waals surface area contributed by atoms with Gasteiger partial charge in [0.15, 0.2) is 5.13 Å². The molecule has 1 aliphatic carbocycles. The van der Waals surface area contributed by atoms with Crippen molar-refractivity contribution in [2.75, 3.05) is 4.90 Å². The van der Waals surface area contributed by atoms with E-state index in [2.05, 4.69) is 15.2 Å². The lowest BCUT2D eigenvalue weighted by Crippen LogP contribution is -2.45. The Bertz CT molecular complexity index is 908. The predicted octanol–water partition coefficient (Wildman–Crippen LogP) is 4.96. The summed E-state index contributed by atoms with van der Waals surface area (Å²) < 4.78 is 5.78. The number of carbonyl (C=O) groups is 1. The fraction of sp³-hybridized carbons (Fsp3) is 0.429. The van der Waals surface area contributed by atoms with Crippen molar-refractivity contribution in [3.63, 3.8) is 0 Å². The molecule has 3 aromatic rings. The minimum Gasteiger partial charge on any atom is -0.416 e. The third-order valence-corrected chi connectivity index (χ3v) is 6.77. The van der Waals surface area contributed by atoms with Crippen molar-refractivity contribution in [1.29, 1.82) is 0 Å². The molecular formula is C21H24N4O2S2. The van der Waals surface area contributed by atoms with E-state index in [9.17, 15) is 4.79 Å². The van der Waals surface area contributed by atoms with Crippen LogP contribution in [0.3, 0.4) is 0 Å². The summed E-state index contributed by atoms with van der Waals surface area (Å²) in [6, 6.07) is 10.2. The molecule has 0 aliphatic heterocycles. The normalized spacial score (nSPS) is 15.9. The number of thioether (sulfide) groups is 1. The van der Waals surface area contributed by atoms with Crippen LogP contribution < -0.4 is 4.90 Å². The highest BCUT2D eigenvalue weighted by atomic mass is 32.2. The summed E-state index contributed by atoms with van der Waals surface area (Å²) in [4.78, 5) is 19.6. The minimum atomic E-state index is -0.328. The van der Waals surface area contributed by atoms with Gasteiger partial charge in [-0.2, -0.15) is 0 Å². The Hall–Kier alpha value is -2.19. The van der Waals surface area contributed by atoms with Crippen LogP contribution >= 0.6 is 23.1 Å². The number of thiazole rings is 1. The third-order valence-electron chi connectivity index (χ3n) is 5.07. The quantitative estimate of drug-likeness (QED) is 0.495. The molecule has 1 aliphatic rings. The molecule has 1 amide bonds.